The van der Waals surface area contributed by atoms with Gasteiger partial charge in [0.1, 0.15) is 11.6 Å². The van der Waals surface area contributed by atoms with Crippen LogP contribution in [0.25, 0.3) is 0 Å². The Bertz CT molecular complexity index is 1520. The van der Waals surface area contributed by atoms with E-state index in [2.05, 4.69) is 65.2 Å². The number of methoxy groups -OCH3 is 4. The Kier molecular flexibility index (Phi) is 7.82. The van der Waals surface area contributed by atoms with E-state index in [1.165, 1.54) is 0 Å². The fourth-order valence-electron chi connectivity index (χ4n) is 7.39. The Morgan fingerprint density at radius 1 is 0.568 bits per heavy atom. The van der Waals surface area contributed by atoms with Crippen LogP contribution in [-0.2, 0) is 33.3 Å². The van der Waals surface area contributed by atoms with Gasteiger partial charge in [-0.25, -0.2) is 0 Å². The van der Waals surface area contributed by atoms with Crippen molar-refractivity contribution >= 4 is 11.6 Å². The van der Waals surface area contributed by atoms with Crippen LogP contribution in [0.1, 0.15) is 76.6 Å². The molecule has 2 aromatic carbocycles. The van der Waals surface area contributed by atoms with Crippen LogP contribution in [0, 0.1) is 46.3 Å². The van der Waals surface area contributed by atoms with Crippen molar-refractivity contribution < 1.29 is 28.5 Å². The lowest BCUT2D eigenvalue weighted by molar-refractivity contribution is -0.149. The topological polar surface area (TPSA) is 71.1 Å². The summed E-state index contributed by atoms with van der Waals surface area (Å²) < 4.78 is 23.1. The summed E-state index contributed by atoms with van der Waals surface area (Å²) >= 11 is 0. The maximum atomic E-state index is 14.4. The van der Waals surface area contributed by atoms with Gasteiger partial charge in [-0.05, 0) is 101 Å². The van der Waals surface area contributed by atoms with Crippen molar-refractivity contribution in [1.29, 1.82) is 0 Å². The van der Waals surface area contributed by atoms with Gasteiger partial charge in [0, 0.05) is 23.7 Å². The number of benzene rings is 2. The lowest BCUT2D eigenvalue weighted by atomic mass is 9.33. The molecule has 44 heavy (non-hydrogen) atoms. The quantitative estimate of drug-likeness (QED) is 0.388. The van der Waals surface area contributed by atoms with Gasteiger partial charge < -0.3 is 18.9 Å². The third-order valence-corrected chi connectivity index (χ3v) is 9.20. The van der Waals surface area contributed by atoms with Gasteiger partial charge in [0.05, 0.1) is 51.1 Å². The number of hydrogen-bond acceptors (Lipinski definition) is 6. The van der Waals surface area contributed by atoms with E-state index in [-0.39, 0.29) is 22.4 Å². The largest absolute Gasteiger partial charge is 0.493 e. The van der Waals surface area contributed by atoms with Crippen molar-refractivity contribution in [3.63, 3.8) is 0 Å². The summed E-state index contributed by atoms with van der Waals surface area (Å²) in [6.07, 6.45) is 1.62. The van der Waals surface area contributed by atoms with Crippen molar-refractivity contribution in [2.75, 3.05) is 28.4 Å². The van der Waals surface area contributed by atoms with E-state index < -0.39 is 22.7 Å². The summed E-state index contributed by atoms with van der Waals surface area (Å²) in [5.41, 5.74) is 0.608. The summed E-state index contributed by atoms with van der Waals surface area (Å²) in [6.45, 7) is 12.4. The summed E-state index contributed by atoms with van der Waals surface area (Å²) in [6, 6.07) is 7.89. The minimum Gasteiger partial charge on any atom is -0.493 e. The number of ether oxygens (including phenoxy) is 4. The first-order chi connectivity index (χ1) is 20.7. The first kappa shape index (κ1) is 31.5. The number of fused-ring (bicyclic) bond motifs is 8. The molecule has 3 aliphatic carbocycles. The van der Waals surface area contributed by atoms with Crippen LogP contribution in [0.2, 0.25) is 0 Å². The minimum atomic E-state index is -1.14. The first-order valence-corrected chi connectivity index (χ1v) is 15.3. The standard InChI is InChI=1S/C38H44O6/c1-35(2,3)15-17-37-25-21-31(43-9)29(41-7)19-23(25)11-13-27(39)33(37)34-28(40)14-12-24-20-30(42-8)32(44-10)22-26(24)38(34,37)18-16-36(4,5)6/h19-22,33-34H,11-14H2,1-10H3/t33-,34-,37+,38+/m1/s1. The molecule has 3 aliphatic rings. The Labute approximate surface area is 262 Å². The van der Waals surface area contributed by atoms with E-state index in [9.17, 15) is 9.59 Å². The highest BCUT2D eigenvalue weighted by atomic mass is 16.5. The zero-order chi connectivity index (χ0) is 32.2. The normalized spacial score (nSPS) is 25.5. The second-order valence-electron chi connectivity index (χ2n) is 14.2. The van der Waals surface area contributed by atoms with Crippen molar-refractivity contribution in [1.82, 2.24) is 0 Å². The molecule has 1 saturated carbocycles. The molecule has 0 radical (unpaired) electrons. The molecule has 4 atom stereocenters. The van der Waals surface area contributed by atoms with Gasteiger partial charge in [0.2, 0.25) is 0 Å². The Morgan fingerprint density at radius 2 is 0.886 bits per heavy atom. The summed E-state index contributed by atoms with van der Waals surface area (Å²) in [5, 5.41) is 0. The van der Waals surface area contributed by atoms with Gasteiger partial charge in [0.15, 0.2) is 23.0 Å². The molecule has 6 heteroatoms. The number of carbonyl (C=O) groups is 2. The molecule has 0 N–H and O–H groups in total. The fraction of sp³-hybridized carbons (Fsp3) is 0.526. The van der Waals surface area contributed by atoms with Crippen molar-refractivity contribution in [2.45, 2.75) is 78.1 Å². The number of hydrogen-bond donors (Lipinski definition) is 0. The monoisotopic (exact) mass is 596 g/mol. The van der Waals surface area contributed by atoms with Crippen LogP contribution in [0.3, 0.4) is 0 Å². The minimum absolute atomic E-state index is 0.0396. The third-order valence-electron chi connectivity index (χ3n) is 9.20. The lowest BCUT2D eigenvalue weighted by Gasteiger charge is -2.64. The van der Waals surface area contributed by atoms with E-state index in [1.807, 2.05) is 24.3 Å². The second-order valence-corrected chi connectivity index (χ2v) is 14.2. The number of ketones is 2. The zero-order valence-electron chi connectivity index (χ0n) is 27.7. The van der Waals surface area contributed by atoms with Crippen LogP contribution < -0.4 is 18.9 Å². The van der Waals surface area contributed by atoms with Crippen LogP contribution in [0.15, 0.2) is 24.3 Å². The third kappa shape index (κ3) is 4.75. The molecule has 232 valence electrons. The summed E-state index contributed by atoms with van der Waals surface area (Å²) in [4.78, 5) is 28.8. The highest BCUT2D eigenvalue weighted by Gasteiger charge is 2.77. The Morgan fingerprint density at radius 3 is 1.18 bits per heavy atom. The molecule has 0 aliphatic heterocycles. The second kappa shape index (κ2) is 10.9. The number of carbonyl (C=O) groups excluding carboxylic acids is 2. The molecular formula is C38H44O6. The van der Waals surface area contributed by atoms with E-state index in [4.69, 9.17) is 18.9 Å². The molecule has 5 rings (SSSR count). The van der Waals surface area contributed by atoms with Crippen LogP contribution in [0.5, 0.6) is 23.0 Å². The van der Waals surface area contributed by atoms with Crippen molar-refractivity contribution in [2.24, 2.45) is 22.7 Å². The molecule has 0 aromatic heterocycles. The van der Waals surface area contributed by atoms with Crippen molar-refractivity contribution in [3.05, 3.63) is 46.5 Å². The van der Waals surface area contributed by atoms with Gasteiger partial charge in [0.25, 0.3) is 0 Å². The van der Waals surface area contributed by atoms with Crippen LogP contribution in [-0.4, -0.2) is 40.0 Å². The average molecular weight is 597 g/mol. The Balaban J connectivity index is 2.05. The van der Waals surface area contributed by atoms with Crippen LogP contribution in [0.4, 0.5) is 0 Å². The van der Waals surface area contributed by atoms with E-state index in [0.717, 1.165) is 22.3 Å². The molecule has 0 spiro atoms. The molecule has 2 aromatic rings. The number of Topliss-reactive ketones (excluding diaryl/α,β-unsaturated/α-hetero) is 2. The number of rotatable bonds is 4. The molecule has 0 bridgehead atoms. The predicted molar refractivity (Wildman–Crippen MR) is 171 cm³/mol. The predicted octanol–water partition coefficient (Wildman–Crippen LogP) is 6.27. The molecule has 0 amide bonds. The smallest absolute Gasteiger partial charge is 0.161 e. The summed E-state index contributed by atoms with van der Waals surface area (Å²) in [7, 11) is 6.44. The molecule has 0 saturated heterocycles. The van der Waals surface area contributed by atoms with Gasteiger partial charge in [-0.2, -0.15) is 0 Å². The molecule has 0 heterocycles. The van der Waals surface area contributed by atoms with E-state index in [1.54, 1.807) is 28.4 Å². The maximum Gasteiger partial charge on any atom is 0.161 e. The Hall–Kier alpha value is -3.90. The highest BCUT2D eigenvalue weighted by Crippen LogP contribution is 2.70. The van der Waals surface area contributed by atoms with Gasteiger partial charge >= 0.3 is 0 Å². The van der Waals surface area contributed by atoms with Crippen LogP contribution >= 0.6 is 0 Å². The van der Waals surface area contributed by atoms with Gasteiger partial charge in [-0.1, -0.05) is 23.7 Å². The lowest BCUT2D eigenvalue weighted by Crippen LogP contribution is -2.73. The fourth-order valence-corrected chi connectivity index (χ4v) is 7.39. The zero-order valence-corrected chi connectivity index (χ0v) is 27.7. The van der Waals surface area contributed by atoms with Crippen molar-refractivity contribution in [3.8, 4) is 46.7 Å². The van der Waals surface area contributed by atoms with E-state index in [0.29, 0.717) is 48.7 Å². The number of aryl methyl sites for hydroxylation is 2. The molecule has 1 fully saturated rings. The summed E-state index contributed by atoms with van der Waals surface area (Å²) in [5.74, 6) is 15.5. The average Bonchev–Trinajstić information content (AvgIpc) is 3.12. The molecule has 0 unspecified atom stereocenters. The first-order valence-electron chi connectivity index (χ1n) is 15.3. The molecular weight excluding hydrogens is 552 g/mol. The van der Waals surface area contributed by atoms with Gasteiger partial charge in [-0.15, -0.1) is 0 Å². The maximum absolute atomic E-state index is 14.4. The van der Waals surface area contributed by atoms with Gasteiger partial charge in [-0.3, -0.25) is 9.59 Å². The van der Waals surface area contributed by atoms with E-state index >= 15 is 0 Å². The highest BCUT2D eigenvalue weighted by molar-refractivity contribution is 6.00. The SMILES string of the molecule is COc1cc2c(cc1OC)[C@@]1(C#CC(C)(C)C)[C@H](C(=O)CC2)[C@H]2C(=O)CCc3cc(OC)c(OC)cc3[C@@]21C#CC(C)(C)C. The molecule has 6 nitrogen and oxygen atoms in total.